The molecule has 2 amide bonds. The molecule has 102 valence electrons. The van der Waals surface area contributed by atoms with E-state index >= 15 is 0 Å². The van der Waals surface area contributed by atoms with Gasteiger partial charge in [0.1, 0.15) is 0 Å². The van der Waals surface area contributed by atoms with E-state index in [2.05, 4.69) is 10.6 Å². The molecule has 0 radical (unpaired) electrons. The highest BCUT2D eigenvalue weighted by Crippen LogP contribution is 2.23. The Labute approximate surface area is 113 Å². The van der Waals surface area contributed by atoms with Gasteiger partial charge in [0.25, 0.3) is 0 Å². The van der Waals surface area contributed by atoms with Gasteiger partial charge < -0.3 is 15.5 Å². The molecule has 1 saturated heterocycles. The van der Waals surface area contributed by atoms with E-state index in [1.807, 2.05) is 44.1 Å². The molecule has 2 N–H and O–H groups in total. The molecule has 19 heavy (non-hydrogen) atoms. The van der Waals surface area contributed by atoms with Crippen molar-refractivity contribution in [1.29, 1.82) is 0 Å². The number of anilines is 2. The highest BCUT2D eigenvalue weighted by molar-refractivity contribution is 5.97. The zero-order chi connectivity index (χ0) is 14.0. The Kier molecular flexibility index (Phi) is 3.74. The molecule has 1 aromatic rings. The van der Waals surface area contributed by atoms with E-state index in [0.717, 1.165) is 16.9 Å². The summed E-state index contributed by atoms with van der Waals surface area (Å²) < 4.78 is 0. The zero-order valence-electron chi connectivity index (χ0n) is 11.5. The SMILES string of the molecule is Cc1ccc(NC(=O)C2CNC(=O)C2)cc1N(C)C. The van der Waals surface area contributed by atoms with Crippen LogP contribution in [-0.2, 0) is 9.59 Å². The second kappa shape index (κ2) is 5.30. The van der Waals surface area contributed by atoms with Crippen molar-refractivity contribution in [1.82, 2.24) is 5.32 Å². The van der Waals surface area contributed by atoms with E-state index in [1.165, 1.54) is 0 Å². The summed E-state index contributed by atoms with van der Waals surface area (Å²) in [6, 6.07) is 5.80. The van der Waals surface area contributed by atoms with Crippen molar-refractivity contribution in [3.8, 4) is 0 Å². The van der Waals surface area contributed by atoms with Crippen molar-refractivity contribution in [3.05, 3.63) is 23.8 Å². The van der Waals surface area contributed by atoms with Gasteiger partial charge in [-0.1, -0.05) is 6.07 Å². The standard InChI is InChI=1S/C14H19N3O2/c1-9-4-5-11(7-12(9)17(2)3)16-14(19)10-6-13(18)15-8-10/h4-5,7,10H,6,8H2,1-3H3,(H,15,18)(H,16,19). The summed E-state index contributed by atoms with van der Waals surface area (Å²) in [7, 11) is 3.93. The summed E-state index contributed by atoms with van der Waals surface area (Å²) in [5, 5.41) is 5.54. The molecule has 0 saturated carbocycles. The van der Waals surface area contributed by atoms with Crippen LogP contribution in [0.5, 0.6) is 0 Å². The molecule has 1 fully saturated rings. The lowest BCUT2D eigenvalue weighted by atomic mass is 10.1. The highest BCUT2D eigenvalue weighted by Gasteiger charge is 2.27. The van der Waals surface area contributed by atoms with Gasteiger partial charge in [0.2, 0.25) is 11.8 Å². The van der Waals surface area contributed by atoms with Gasteiger partial charge in [0, 0.05) is 38.4 Å². The molecule has 1 aliphatic heterocycles. The molecule has 0 spiro atoms. The van der Waals surface area contributed by atoms with Gasteiger partial charge in [-0.05, 0) is 24.6 Å². The average Bonchev–Trinajstić information content (AvgIpc) is 2.78. The zero-order valence-corrected chi connectivity index (χ0v) is 11.5. The Hall–Kier alpha value is -2.04. The lowest BCUT2D eigenvalue weighted by Gasteiger charge is -2.17. The Balaban J connectivity index is 2.09. The normalized spacial score (nSPS) is 18.1. The number of carbonyl (C=O) groups excluding carboxylic acids is 2. The number of hydrogen-bond acceptors (Lipinski definition) is 3. The van der Waals surface area contributed by atoms with E-state index in [-0.39, 0.29) is 24.2 Å². The molecular weight excluding hydrogens is 242 g/mol. The summed E-state index contributed by atoms with van der Waals surface area (Å²) in [6.07, 6.45) is 0.276. The van der Waals surface area contributed by atoms with Gasteiger partial charge in [-0.3, -0.25) is 9.59 Å². The van der Waals surface area contributed by atoms with Gasteiger partial charge >= 0.3 is 0 Å². The number of nitrogens with one attached hydrogen (secondary N) is 2. The van der Waals surface area contributed by atoms with E-state index in [4.69, 9.17) is 0 Å². The maximum atomic E-state index is 12.0. The summed E-state index contributed by atoms with van der Waals surface area (Å²) >= 11 is 0. The molecule has 5 heteroatoms. The van der Waals surface area contributed by atoms with Crippen LogP contribution in [0.2, 0.25) is 0 Å². The summed E-state index contributed by atoms with van der Waals surface area (Å²) in [4.78, 5) is 25.1. The number of carbonyl (C=O) groups is 2. The van der Waals surface area contributed by atoms with Crippen molar-refractivity contribution in [2.45, 2.75) is 13.3 Å². The fourth-order valence-corrected chi connectivity index (χ4v) is 2.20. The maximum absolute atomic E-state index is 12.0. The van der Waals surface area contributed by atoms with Gasteiger partial charge in [0.05, 0.1) is 5.92 Å². The molecule has 2 rings (SSSR count). The molecule has 1 heterocycles. The third-order valence-electron chi connectivity index (χ3n) is 3.31. The number of amides is 2. The lowest BCUT2D eigenvalue weighted by molar-refractivity contribution is -0.123. The number of hydrogen-bond donors (Lipinski definition) is 2. The van der Waals surface area contributed by atoms with Crippen LogP contribution in [0.25, 0.3) is 0 Å². The highest BCUT2D eigenvalue weighted by atomic mass is 16.2. The number of nitrogens with zero attached hydrogens (tertiary/aromatic N) is 1. The molecular formula is C14H19N3O2. The number of benzene rings is 1. The predicted octanol–water partition coefficient (Wildman–Crippen LogP) is 1.14. The number of aryl methyl sites for hydroxylation is 1. The van der Waals surface area contributed by atoms with Gasteiger partial charge in [0.15, 0.2) is 0 Å². The molecule has 1 aromatic carbocycles. The first-order chi connectivity index (χ1) is 8.97. The molecule has 0 aliphatic carbocycles. The topological polar surface area (TPSA) is 61.4 Å². The van der Waals surface area contributed by atoms with E-state index < -0.39 is 0 Å². The Morgan fingerprint density at radius 2 is 2.16 bits per heavy atom. The van der Waals surface area contributed by atoms with Crippen molar-refractivity contribution in [2.75, 3.05) is 30.9 Å². The fraction of sp³-hybridized carbons (Fsp3) is 0.429. The van der Waals surface area contributed by atoms with Crippen LogP contribution < -0.4 is 15.5 Å². The van der Waals surface area contributed by atoms with E-state index in [1.54, 1.807) is 0 Å². The minimum Gasteiger partial charge on any atom is -0.377 e. The van der Waals surface area contributed by atoms with Crippen molar-refractivity contribution >= 4 is 23.2 Å². The Morgan fingerprint density at radius 3 is 2.74 bits per heavy atom. The van der Waals surface area contributed by atoms with E-state index in [9.17, 15) is 9.59 Å². The monoisotopic (exact) mass is 261 g/mol. The van der Waals surface area contributed by atoms with Crippen LogP contribution in [0.15, 0.2) is 18.2 Å². The van der Waals surface area contributed by atoms with E-state index in [0.29, 0.717) is 6.54 Å². The van der Waals surface area contributed by atoms with Gasteiger partial charge in [-0.2, -0.15) is 0 Å². The summed E-state index contributed by atoms with van der Waals surface area (Å²) in [5.74, 6) is -0.429. The second-order valence-electron chi connectivity index (χ2n) is 5.09. The molecule has 5 nitrogen and oxygen atoms in total. The van der Waals surface area contributed by atoms with Gasteiger partial charge in [-0.15, -0.1) is 0 Å². The molecule has 1 unspecified atom stereocenters. The first-order valence-corrected chi connectivity index (χ1v) is 6.33. The quantitative estimate of drug-likeness (QED) is 0.857. The maximum Gasteiger partial charge on any atom is 0.229 e. The minimum atomic E-state index is -0.267. The van der Waals surface area contributed by atoms with Crippen LogP contribution in [-0.4, -0.2) is 32.5 Å². The van der Waals surface area contributed by atoms with Crippen LogP contribution in [0, 0.1) is 12.8 Å². The third kappa shape index (κ3) is 3.05. The number of rotatable bonds is 3. The fourth-order valence-electron chi connectivity index (χ4n) is 2.20. The van der Waals surface area contributed by atoms with Crippen LogP contribution in [0.1, 0.15) is 12.0 Å². The lowest BCUT2D eigenvalue weighted by Crippen LogP contribution is -2.24. The van der Waals surface area contributed by atoms with Crippen LogP contribution in [0.3, 0.4) is 0 Å². The Morgan fingerprint density at radius 1 is 1.42 bits per heavy atom. The van der Waals surface area contributed by atoms with Crippen molar-refractivity contribution < 1.29 is 9.59 Å². The average molecular weight is 261 g/mol. The van der Waals surface area contributed by atoms with Crippen LogP contribution in [0.4, 0.5) is 11.4 Å². The second-order valence-corrected chi connectivity index (χ2v) is 5.09. The molecule has 1 atom stereocenters. The predicted molar refractivity (Wildman–Crippen MR) is 75.3 cm³/mol. The summed E-state index contributed by atoms with van der Waals surface area (Å²) in [6.45, 7) is 2.46. The molecule has 1 aliphatic rings. The van der Waals surface area contributed by atoms with Crippen molar-refractivity contribution in [2.24, 2.45) is 5.92 Å². The first kappa shape index (κ1) is 13.4. The largest absolute Gasteiger partial charge is 0.377 e. The molecule has 0 bridgehead atoms. The minimum absolute atomic E-state index is 0.0574. The smallest absolute Gasteiger partial charge is 0.229 e. The van der Waals surface area contributed by atoms with Crippen LogP contribution >= 0.6 is 0 Å². The Bertz CT molecular complexity index is 511. The van der Waals surface area contributed by atoms with Crippen molar-refractivity contribution in [3.63, 3.8) is 0 Å². The molecule has 0 aromatic heterocycles. The summed E-state index contributed by atoms with van der Waals surface area (Å²) in [5.41, 5.74) is 2.98. The van der Waals surface area contributed by atoms with Gasteiger partial charge in [-0.25, -0.2) is 0 Å². The first-order valence-electron chi connectivity index (χ1n) is 6.33. The third-order valence-corrected chi connectivity index (χ3v) is 3.31.